The van der Waals surface area contributed by atoms with E-state index in [1.807, 2.05) is 52.0 Å². The molecule has 2 aliphatic rings. The van der Waals surface area contributed by atoms with E-state index in [0.717, 1.165) is 35.5 Å². The minimum Gasteiger partial charge on any atom is -0.379 e. The number of rotatable bonds is 8. The molecule has 0 spiro atoms. The van der Waals surface area contributed by atoms with Gasteiger partial charge in [-0.3, -0.25) is 14.5 Å². The van der Waals surface area contributed by atoms with E-state index in [9.17, 15) is 14.0 Å². The molecule has 2 amide bonds. The molecule has 2 aliphatic heterocycles. The van der Waals surface area contributed by atoms with E-state index in [1.54, 1.807) is 17.0 Å². The average molecular weight is 523 g/mol. The van der Waals surface area contributed by atoms with Crippen molar-refractivity contribution in [3.05, 3.63) is 71.0 Å². The highest BCUT2D eigenvalue weighted by Crippen LogP contribution is 2.33. The molecule has 0 aliphatic carbocycles. The Labute approximate surface area is 225 Å². The van der Waals surface area contributed by atoms with E-state index in [-0.39, 0.29) is 35.6 Å². The van der Waals surface area contributed by atoms with E-state index in [0.29, 0.717) is 39.1 Å². The Bertz CT molecular complexity index is 1140. The van der Waals surface area contributed by atoms with Crippen LogP contribution in [0.1, 0.15) is 56.3 Å². The van der Waals surface area contributed by atoms with Crippen LogP contribution in [-0.4, -0.2) is 78.3 Å². The number of nitrogens with zero attached hydrogens (tertiary/aromatic N) is 4. The second-order valence-electron chi connectivity index (χ2n) is 11.4. The van der Waals surface area contributed by atoms with Gasteiger partial charge >= 0.3 is 0 Å². The van der Waals surface area contributed by atoms with Crippen LogP contribution in [0.2, 0.25) is 0 Å². The maximum atomic E-state index is 13.8. The lowest BCUT2D eigenvalue weighted by Gasteiger charge is -2.32. The van der Waals surface area contributed by atoms with Gasteiger partial charge in [-0.25, -0.2) is 9.40 Å². The van der Waals surface area contributed by atoms with Crippen LogP contribution in [0.25, 0.3) is 0 Å². The van der Waals surface area contributed by atoms with Crippen molar-refractivity contribution in [1.82, 2.24) is 14.8 Å². The van der Waals surface area contributed by atoms with Gasteiger partial charge in [0, 0.05) is 39.0 Å². The minimum absolute atomic E-state index is 0.0343. The number of carbonyl (C=O) groups excluding carboxylic acids is 2. The van der Waals surface area contributed by atoms with E-state index >= 15 is 0 Å². The zero-order valence-electron chi connectivity index (χ0n) is 23.0. The van der Waals surface area contributed by atoms with Gasteiger partial charge in [-0.2, -0.15) is 5.10 Å². The molecule has 0 saturated carbocycles. The summed E-state index contributed by atoms with van der Waals surface area (Å²) < 4.78 is 19.0. The first-order valence-electron chi connectivity index (χ1n) is 13.4. The standard InChI is InChI=1S/C30H39FN4O3/c1-22-5-7-24(8-6-22)27-19-26(23-9-11-25(31)12-10-23)32-35(27)29(37)21-34(28(36)20-30(2,3)4)14-13-33-15-17-38-18-16-33/h5-12,27H,13-21H2,1-4H3/t27-/m0/s1. The molecule has 1 fully saturated rings. The third-order valence-corrected chi connectivity index (χ3v) is 6.96. The van der Waals surface area contributed by atoms with Crippen molar-refractivity contribution in [3.8, 4) is 0 Å². The van der Waals surface area contributed by atoms with E-state index < -0.39 is 0 Å². The van der Waals surface area contributed by atoms with Gasteiger partial charge in [0.25, 0.3) is 5.91 Å². The summed E-state index contributed by atoms with van der Waals surface area (Å²) in [7, 11) is 0. The van der Waals surface area contributed by atoms with Crippen LogP contribution in [0, 0.1) is 18.2 Å². The fraction of sp³-hybridized carbons (Fsp3) is 0.500. The number of amides is 2. The van der Waals surface area contributed by atoms with Crippen molar-refractivity contribution in [2.75, 3.05) is 45.9 Å². The highest BCUT2D eigenvalue weighted by molar-refractivity contribution is 6.03. The fourth-order valence-electron chi connectivity index (χ4n) is 4.79. The van der Waals surface area contributed by atoms with Crippen LogP contribution in [-0.2, 0) is 14.3 Å². The molecule has 2 aromatic carbocycles. The predicted molar refractivity (Wildman–Crippen MR) is 146 cm³/mol. The largest absolute Gasteiger partial charge is 0.379 e. The van der Waals surface area contributed by atoms with Gasteiger partial charge in [-0.05, 0) is 35.6 Å². The molecule has 1 saturated heterocycles. The SMILES string of the molecule is Cc1ccc([C@@H]2CC(c3ccc(F)cc3)=NN2C(=O)CN(CCN2CCOCC2)C(=O)CC(C)(C)C)cc1. The van der Waals surface area contributed by atoms with E-state index in [4.69, 9.17) is 9.84 Å². The summed E-state index contributed by atoms with van der Waals surface area (Å²) in [5, 5.41) is 6.24. The van der Waals surface area contributed by atoms with Gasteiger partial charge < -0.3 is 9.64 Å². The molecule has 0 aromatic heterocycles. The van der Waals surface area contributed by atoms with Gasteiger partial charge in [0.1, 0.15) is 12.4 Å². The fourth-order valence-corrected chi connectivity index (χ4v) is 4.79. The molecule has 0 unspecified atom stereocenters. The first-order chi connectivity index (χ1) is 18.1. The van der Waals surface area contributed by atoms with Crippen molar-refractivity contribution in [2.45, 2.75) is 46.6 Å². The van der Waals surface area contributed by atoms with Crippen LogP contribution in [0.3, 0.4) is 0 Å². The van der Waals surface area contributed by atoms with Crippen LogP contribution >= 0.6 is 0 Å². The van der Waals surface area contributed by atoms with Crippen molar-refractivity contribution < 1.29 is 18.7 Å². The summed E-state index contributed by atoms with van der Waals surface area (Å²) >= 11 is 0. The van der Waals surface area contributed by atoms with E-state index in [2.05, 4.69) is 4.90 Å². The van der Waals surface area contributed by atoms with Crippen molar-refractivity contribution in [2.24, 2.45) is 10.5 Å². The Kier molecular flexibility index (Phi) is 8.95. The van der Waals surface area contributed by atoms with Crippen LogP contribution < -0.4 is 0 Å². The maximum Gasteiger partial charge on any atom is 0.262 e. The average Bonchev–Trinajstić information content (AvgIpc) is 3.32. The number of morpholine rings is 1. The molecule has 2 aromatic rings. The van der Waals surface area contributed by atoms with Gasteiger partial charge in [0.15, 0.2) is 0 Å². The van der Waals surface area contributed by atoms with Crippen molar-refractivity contribution in [3.63, 3.8) is 0 Å². The van der Waals surface area contributed by atoms with Gasteiger partial charge in [0.05, 0.1) is 25.0 Å². The minimum atomic E-state index is -0.316. The summed E-state index contributed by atoms with van der Waals surface area (Å²) in [5.74, 6) is -0.575. The molecule has 38 heavy (non-hydrogen) atoms. The number of hydrazone groups is 1. The maximum absolute atomic E-state index is 13.8. The Morgan fingerprint density at radius 2 is 1.71 bits per heavy atom. The van der Waals surface area contributed by atoms with Gasteiger partial charge in [-0.15, -0.1) is 0 Å². The summed E-state index contributed by atoms with van der Waals surface area (Å²) in [5.41, 5.74) is 3.43. The molecule has 0 radical (unpaired) electrons. The lowest BCUT2D eigenvalue weighted by Crippen LogP contribution is -2.47. The Hall–Kier alpha value is -3.10. The van der Waals surface area contributed by atoms with Gasteiger partial charge in [-0.1, -0.05) is 62.7 Å². The molecule has 2 heterocycles. The molecule has 8 heteroatoms. The molecular formula is C30H39FN4O3. The third-order valence-electron chi connectivity index (χ3n) is 6.96. The highest BCUT2D eigenvalue weighted by atomic mass is 19.1. The lowest BCUT2D eigenvalue weighted by atomic mass is 9.91. The number of benzene rings is 2. The second-order valence-corrected chi connectivity index (χ2v) is 11.4. The monoisotopic (exact) mass is 522 g/mol. The summed E-state index contributed by atoms with van der Waals surface area (Å²) in [4.78, 5) is 31.1. The zero-order chi connectivity index (χ0) is 27.3. The molecule has 0 bridgehead atoms. The Balaban J connectivity index is 1.56. The van der Waals surface area contributed by atoms with Crippen molar-refractivity contribution in [1.29, 1.82) is 0 Å². The summed E-state index contributed by atoms with van der Waals surface area (Å²) in [6.07, 6.45) is 0.874. The van der Waals surface area contributed by atoms with E-state index in [1.165, 1.54) is 17.1 Å². The number of halogens is 1. The highest BCUT2D eigenvalue weighted by Gasteiger charge is 2.35. The molecular weight excluding hydrogens is 483 g/mol. The van der Waals surface area contributed by atoms with Crippen LogP contribution in [0.4, 0.5) is 4.39 Å². The lowest BCUT2D eigenvalue weighted by molar-refractivity contribution is -0.142. The summed E-state index contributed by atoms with van der Waals surface area (Å²) in [6.45, 7) is 12.2. The van der Waals surface area contributed by atoms with Crippen LogP contribution in [0.5, 0.6) is 0 Å². The second kappa shape index (κ2) is 12.2. The Morgan fingerprint density at radius 1 is 1.05 bits per heavy atom. The number of hydrogen-bond donors (Lipinski definition) is 0. The smallest absolute Gasteiger partial charge is 0.262 e. The number of carbonyl (C=O) groups is 2. The molecule has 1 atom stereocenters. The summed E-state index contributed by atoms with van der Waals surface area (Å²) in [6, 6.07) is 14.0. The van der Waals surface area contributed by atoms with Crippen LogP contribution in [0.15, 0.2) is 53.6 Å². The number of ether oxygens (including phenoxy) is 1. The molecule has 0 N–H and O–H groups in total. The molecule has 7 nitrogen and oxygen atoms in total. The molecule has 204 valence electrons. The first kappa shape index (κ1) is 27.9. The van der Waals surface area contributed by atoms with Gasteiger partial charge in [0.2, 0.25) is 5.91 Å². The first-order valence-corrected chi connectivity index (χ1v) is 13.4. The normalized spacial score (nSPS) is 18.4. The number of aryl methyl sites for hydroxylation is 1. The number of hydrogen-bond acceptors (Lipinski definition) is 5. The van der Waals surface area contributed by atoms with Crippen molar-refractivity contribution >= 4 is 17.5 Å². The topological polar surface area (TPSA) is 65.5 Å². The predicted octanol–water partition coefficient (Wildman–Crippen LogP) is 4.41. The quantitative estimate of drug-likeness (QED) is 0.515. The third kappa shape index (κ3) is 7.48. The zero-order valence-corrected chi connectivity index (χ0v) is 23.0. The Morgan fingerprint density at radius 3 is 2.34 bits per heavy atom. The molecule has 4 rings (SSSR count).